The number of hydrogen-bond acceptors (Lipinski definition) is 6. The first kappa shape index (κ1) is 28.2. The predicted molar refractivity (Wildman–Crippen MR) is 137 cm³/mol. The number of rotatable bonds is 11. The fourth-order valence-electron chi connectivity index (χ4n) is 4.74. The molecule has 5 N–H and O–H groups in total. The van der Waals surface area contributed by atoms with Gasteiger partial charge >= 0.3 is 0 Å². The molecule has 2 rings (SSSR count). The van der Waals surface area contributed by atoms with Gasteiger partial charge in [0.05, 0.1) is 35.8 Å². The summed E-state index contributed by atoms with van der Waals surface area (Å²) in [5.41, 5.74) is 14.8. The Kier molecular flexibility index (Phi) is 11.0. The average Bonchev–Trinajstić information content (AvgIpc) is 2.85. The fraction of sp³-hybridized carbons (Fsp3) is 0.741. The summed E-state index contributed by atoms with van der Waals surface area (Å²) in [6.07, 6.45) is 6.71. The van der Waals surface area contributed by atoms with E-state index < -0.39 is 18.1 Å². The van der Waals surface area contributed by atoms with Gasteiger partial charge in [-0.1, -0.05) is 60.3 Å². The van der Waals surface area contributed by atoms with Gasteiger partial charge in [0.1, 0.15) is 0 Å². The SMILES string of the molecule is CCC(O)CC(C(=O)N(Cc1ccc(N)c(C2CCCCC2)n1)C(=O)[C@@H](N)[C@@H](C)CC)C(C)C. The normalized spacial score (nSPS) is 18.4. The number of hydrogen-bond donors (Lipinski definition) is 3. The molecule has 192 valence electrons. The van der Waals surface area contributed by atoms with Gasteiger partial charge in [-0.15, -0.1) is 0 Å². The number of nitrogen functional groups attached to an aromatic ring is 1. The van der Waals surface area contributed by atoms with Crippen LogP contribution in [0.2, 0.25) is 0 Å². The molecule has 4 atom stereocenters. The van der Waals surface area contributed by atoms with Gasteiger partial charge in [-0.3, -0.25) is 19.5 Å². The van der Waals surface area contributed by atoms with Gasteiger partial charge in [-0.25, -0.2) is 0 Å². The summed E-state index contributed by atoms with van der Waals surface area (Å²) in [7, 11) is 0. The van der Waals surface area contributed by atoms with E-state index >= 15 is 0 Å². The summed E-state index contributed by atoms with van der Waals surface area (Å²) in [6, 6.07) is 2.87. The van der Waals surface area contributed by atoms with E-state index in [0.29, 0.717) is 30.1 Å². The number of nitrogens with two attached hydrogens (primary N) is 2. The van der Waals surface area contributed by atoms with Crippen molar-refractivity contribution in [2.75, 3.05) is 5.73 Å². The third-order valence-corrected chi connectivity index (χ3v) is 7.52. The molecule has 1 saturated carbocycles. The van der Waals surface area contributed by atoms with Crippen LogP contribution in [0.25, 0.3) is 0 Å². The largest absolute Gasteiger partial charge is 0.397 e. The second-order valence-electron chi connectivity index (χ2n) is 10.4. The number of amides is 2. The molecule has 2 amide bonds. The molecular formula is C27H46N4O3. The third-order valence-electron chi connectivity index (χ3n) is 7.52. The smallest absolute Gasteiger partial charge is 0.246 e. The minimum atomic E-state index is -0.774. The van der Waals surface area contributed by atoms with Gasteiger partial charge in [0.25, 0.3) is 0 Å². The molecule has 0 aromatic carbocycles. The maximum absolute atomic E-state index is 13.7. The standard InChI is InChI=1S/C27H46N4O3/c1-6-18(5)24(29)27(34)31(26(33)22(17(3)4)15-21(32)7-2)16-20-13-14-23(28)25(30-20)19-11-9-8-10-12-19/h13-14,17-19,21-22,24,32H,6-12,15-16,28-29H2,1-5H3/t18-,21?,22?,24-/m0/s1. The molecule has 0 aliphatic heterocycles. The number of aliphatic hydroxyl groups is 1. The van der Waals surface area contributed by atoms with E-state index in [0.717, 1.165) is 25.0 Å². The fourth-order valence-corrected chi connectivity index (χ4v) is 4.74. The molecule has 2 unspecified atom stereocenters. The Bertz CT molecular complexity index is 807. The highest BCUT2D eigenvalue weighted by atomic mass is 16.3. The monoisotopic (exact) mass is 474 g/mol. The average molecular weight is 475 g/mol. The zero-order valence-electron chi connectivity index (χ0n) is 21.8. The minimum absolute atomic E-state index is 0.0269. The van der Waals surface area contributed by atoms with Gasteiger partial charge in [0, 0.05) is 11.8 Å². The molecule has 1 aliphatic carbocycles. The van der Waals surface area contributed by atoms with Crippen LogP contribution in [-0.4, -0.2) is 39.0 Å². The Morgan fingerprint density at radius 1 is 1.09 bits per heavy atom. The van der Waals surface area contributed by atoms with Crippen LogP contribution in [0.5, 0.6) is 0 Å². The lowest BCUT2D eigenvalue weighted by molar-refractivity contribution is -0.151. The van der Waals surface area contributed by atoms with Crippen LogP contribution in [0, 0.1) is 17.8 Å². The van der Waals surface area contributed by atoms with E-state index in [1.54, 1.807) is 6.07 Å². The maximum atomic E-state index is 13.7. The van der Waals surface area contributed by atoms with Crippen molar-refractivity contribution in [1.29, 1.82) is 0 Å². The molecule has 7 nitrogen and oxygen atoms in total. The van der Waals surface area contributed by atoms with Gasteiger partial charge in [-0.05, 0) is 49.7 Å². The molecule has 1 aromatic rings. The quantitative estimate of drug-likeness (QED) is 0.437. The van der Waals surface area contributed by atoms with E-state index in [4.69, 9.17) is 16.5 Å². The lowest BCUT2D eigenvalue weighted by Gasteiger charge is -2.32. The molecule has 0 bridgehead atoms. The first-order chi connectivity index (χ1) is 16.1. The van der Waals surface area contributed by atoms with Crippen LogP contribution < -0.4 is 11.5 Å². The van der Waals surface area contributed by atoms with Crippen molar-refractivity contribution in [2.24, 2.45) is 23.5 Å². The Morgan fingerprint density at radius 2 is 1.74 bits per heavy atom. The summed E-state index contributed by atoms with van der Waals surface area (Å²) in [5, 5.41) is 10.3. The van der Waals surface area contributed by atoms with Gasteiger partial charge < -0.3 is 16.6 Å². The third kappa shape index (κ3) is 7.25. The minimum Gasteiger partial charge on any atom is -0.397 e. The topological polar surface area (TPSA) is 123 Å². The number of anilines is 1. The predicted octanol–water partition coefficient (Wildman–Crippen LogP) is 4.37. The number of pyridine rings is 1. The number of aliphatic hydroxyl groups excluding tert-OH is 1. The number of carbonyl (C=O) groups is 2. The second kappa shape index (κ2) is 13.2. The molecule has 0 radical (unpaired) electrons. The number of imide groups is 1. The van der Waals surface area contributed by atoms with Crippen molar-refractivity contribution in [3.05, 3.63) is 23.5 Å². The zero-order valence-corrected chi connectivity index (χ0v) is 21.8. The van der Waals surface area contributed by atoms with Crippen LogP contribution in [-0.2, 0) is 16.1 Å². The molecule has 0 saturated heterocycles. The summed E-state index contributed by atoms with van der Waals surface area (Å²) in [6.45, 7) is 9.76. The molecule has 34 heavy (non-hydrogen) atoms. The van der Waals surface area contributed by atoms with Gasteiger partial charge in [-0.2, -0.15) is 0 Å². The van der Waals surface area contributed by atoms with E-state index in [9.17, 15) is 14.7 Å². The van der Waals surface area contributed by atoms with Crippen LogP contribution >= 0.6 is 0 Å². The van der Waals surface area contributed by atoms with Crippen LogP contribution in [0.1, 0.15) is 103 Å². The van der Waals surface area contributed by atoms with Crippen molar-refractivity contribution >= 4 is 17.5 Å². The molecule has 1 fully saturated rings. The molecule has 0 spiro atoms. The van der Waals surface area contributed by atoms with Crippen molar-refractivity contribution in [3.63, 3.8) is 0 Å². The van der Waals surface area contributed by atoms with Gasteiger partial charge in [0.15, 0.2) is 0 Å². The highest BCUT2D eigenvalue weighted by Gasteiger charge is 2.36. The van der Waals surface area contributed by atoms with E-state index in [1.807, 2.05) is 40.7 Å². The number of nitrogens with zero attached hydrogens (tertiary/aromatic N) is 2. The van der Waals surface area contributed by atoms with Gasteiger partial charge in [0.2, 0.25) is 11.8 Å². The van der Waals surface area contributed by atoms with Crippen LogP contribution in [0.4, 0.5) is 5.69 Å². The van der Waals surface area contributed by atoms with E-state index in [-0.39, 0.29) is 30.2 Å². The summed E-state index contributed by atoms with van der Waals surface area (Å²) >= 11 is 0. The zero-order chi connectivity index (χ0) is 25.4. The first-order valence-electron chi connectivity index (χ1n) is 13.1. The van der Waals surface area contributed by atoms with Crippen LogP contribution in [0.3, 0.4) is 0 Å². The van der Waals surface area contributed by atoms with Crippen molar-refractivity contribution in [3.8, 4) is 0 Å². The number of aromatic nitrogens is 1. The van der Waals surface area contributed by atoms with E-state index in [2.05, 4.69) is 0 Å². The summed E-state index contributed by atoms with van der Waals surface area (Å²) in [4.78, 5) is 33.4. The molecule has 1 aromatic heterocycles. The Balaban J connectivity index is 2.39. The lowest BCUT2D eigenvalue weighted by Crippen LogP contribution is -2.51. The second-order valence-corrected chi connectivity index (χ2v) is 10.4. The Hall–Kier alpha value is -1.99. The first-order valence-corrected chi connectivity index (χ1v) is 13.1. The van der Waals surface area contributed by atoms with Crippen molar-refractivity contribution in [1.82, 2.24) is 9.88 Å². The highest BCUT2D eigenvalue weighted by molar-refractivity contribution is 5.98. The number of carbonyl (C=O) groups excluding carboxylic acids is 2. The van der Waals surface area contributed by atoms with Crippen molar-refractivity contribution < 1.29 is 14.7 Å². The molecule has 1 aliphatic rings. The lowest BCUT2D eigenvalue weighted by atomic mass is 9.86. The maximum Gasteiger partial charge on any atom is 0.246 e. The van der Waals surface area contributed by atoms with Crippen molar-refractivity contribution in [2.45, 2.75) is 111 Å². The molecule has 7 heteroatoms. The highest BCUT2D eigenvalue weighted by Crippen LogP contribution is 2.34. The van der Waals surface area contributed by atoms with E-state index in [1.165, 1.54) is 24.2 Å². The Morgan fingerprint density at radius 3 is 2.29 bits per heavy atom. The van der Waals surface area contributed by atoms with Crippen LogP contribution in [0.15, 0.2) is 12.1 Å². The summed E-state index contributed by atoms with van der Waals surface area (Å²) in [5.74, 6) is -0.911. The summed E-state index contributed by atoms with van der Waals surface area (Å²) < 4.78 is 0. The Labute approximate surface area is 205 Å². The molecular weight excluding hydrogens is 428 g/mol. The molecule has 1 heterocycles.